The lowest BCUT2D eigenvalue weighted by atomic mass is 10.1. The molecule has 1 fully saturated rings. The molecule has 1 aliphatic rings. The first-order valence-corrected chi connectivity index (χ1v) is 8.54. The summed E-state index contributed by atoms with van der Waals surface area (Å²) in [6, 6.07) is 13.9. The largest absolute Gasteiger partial charge is 0.480 e. The van der Waals surface area contributed by atoms with E-state index in [2.05, 4.69) is 5.32 Å². The van der Waals surface area contributed by atoms with Crippen molar-refractivity contribution in [3.8, 4) is 0 Å². The first kappa shape index (κ1) is 17.5. The average Bonchev–Trinajstić information content (AvgIpc) is 3.04. The summed E-state index contributed by atoms with van der Waals surface area (Å²) in [6.45, 7) is 1.32. The fourth-order valence-electron chi connectivity index (χ4n) is 3.12. The number of nitrogens with zero attached hydrogens (tertiary/aromatic N) is 1. The first-order valence-electron chi connectivity index (χ1n) is 8.16. The van der Waals surface area contributed by atoms with Crippen molar-refractivity contribution in [2.75, 3.05) is 11.9 Å². The molecule has 5 nitrogen and oxygen atoms in total. The number of nitrogens with one attached hydrogen (secondary N) is 1. The molecule has 1 atom stereocenters. The Morgan fingerprint density at radius 3 is 2.76 bits per heavy atom. The summed E-state index contributed by atoms with van der Waals surface area (Å²) < 4.78 is 0. The van der Waals surface area contributed by atoms with E-state index in [4.69, 9.17) is 11.6 Å². The molecule has 1 heterocycles. The van der Waals surface area contributed by atoms with Crippen molar-refractivity contribution in [1.29, 1.82) is 0 Å². The van der Waals surface area contributed by atoms with E-state index in [1.807, 2.05) is 23.1 Å². The summed E-state index contributed by atoms with van der Waals surface area (Å²) in [5.74, 6) is -1.05. The van der Waals surface area contributed by atoms with Crippen LogP contribution in [-0.4, -0.2) is 34.5 Å². The van der Waals surface area contributed by atoms with Gasteiger partial charge in [-0.25, -0.2) is 0 Å². The number of halogens is 1. The monoisotopic (exact) mass is 358 g/mol. The molecule has 1 saturated heterocycles. The second-order valence-electron chi connectivity index (χ2n) is 6.10. The van der Waals surface area contributed by atoms with E-state index in [1.165, 1.54) is 0 Å². The number of aliphatic carboxylic acids is 1. The van der Waals surface area contributed by atoms with Crippen molar-refractivity contribution in [3.05, 3.63) is 64.7 Å². The van der Waals surface area contributed by atoms with Crippen LogP contribution in [0.3, 0.4) is 0 Å². The summed E-state index contributed by atoms with van der Waals surface area (Å²) in [4.78, 5) is 25.6. The molecule has 130 valence electrons. The van der Waals surface area contributed by atoms with Gasteiger partial charge in [-0.15, -0.1) is 0 Å². The molecule has 0 saturated carbocycles. The minimum Gasteiger partial charge on any atom is -0.480 e. The zero-order valence-corrected chi connectivity index (χ0v) is 14.4. The van der Waals surface area contributed by atoms with Crippen molar-refractivity contribution in [2.45, 2.75) is 25.4 Å². The van der Waals surface area contributed by atoms with Crippen molar-refractivity contribution in [1.82, 2.24) is 4.90 Å². The smallest absolute Gasteiger partial charge is 0.320 e. The van der Waals surface area contributed by atoms with E-state index < -0.39 is 12.0 Å². The van der Waals surface area contributed by atoms with Crippen LogP contribution in [0.2, 0.25) is 5.02 Å². The van der Waals surface area contributed by atoms with Gasteiger partial charge in [0.15, 0.2) is 0 Å². The van der Waals surface area contributed by atoms with Crippen LogP contribution in [-0.2, 0) is 11.3 Å². The summed E-state index contributed by atoms with van der Waals surface area (Å²) in [7, 11) is 0. The lowest BCUT2D eigenvalue weighted by Gasteiger charge is -2.21. The van der Waals surface area contributed by atoms with E-state index in [0.29, 0.717) is 29.2 Å². The third-order valence-electron chi connectivity index (χ3n) is 4.34. The number of rotatable bonds is 5. The van der Waals surface area contributed by atoms with Gasteiger partial charge in [0, 0.05) is 12.2 Å². The van der Waals surface area contributed by atoms with Gasteiger partial charge in [0.2, 0.25) is 0 Å². The van der Waals surface area contributed by atoms with Gasteiger partial charge in [0.1, 0.15) is 6.04 Å². The summed E-state index contributed by atoms with van der Waals surface area (Å²) in [5, 5.41) is 12.5. The number of carbonyl (C=O) groups is 2. The molecule has 25 heavy (non-hydrogen) atoms. The summed E-state index contributed by atoms with van der Waals surface area (Å²) in [5.41, 5.74) is 2.04. The van der Waals surface area contributed by atoms with Gasteiger partial charge in [-0.05, 0) is 49.2 Å². The molecular formula is C19H19ClN2O3. The second kappa shape index (κ2) is 7.68. The van der Waals surface area contributed by atoms with Crippen LogP contribution in [0.1, 0.15) is 28.8 Å². The second-order valence-corrected chi connectivity index (χ2v) is 6.51. The Bertz CT molecular complexity index is 794. The van der Waals surface area contributed by atoms with Crippen LogP contribution in [0.25, 0.3) is 0 Å². The highest BCUT2D eigenvalue weighted by molar-refractivity contribution is 6.34. The molecule has 0 spiro atoms. The van der Waals surface area contributed by atoms with Crippen LogP contribution < -0.4 is 5.32 Å². The maximum atomic E-state index is 12.3. The topological polar surface area (TPSA) is 69.6 Å². The Morgan fingerprint density at radius 2 is 2.00 bits per heavy atom. The Kier molecular flexibility index (Phi) is 5.36. The standard InChI is InChI=1S/C19H19ClN2O3/c20-16-8-2-1-7-15(16)18(23)21-14-6-3-5-13(11-14)12-22-10-4-9-17(22)19(24)25/h1-3,5-8,11,17H,4,9-10,12H2,(H,21,23)(H,24,25)/t17-/m0/s1. The SMILES string of the molecule is O=C(Nc1cccc(CN2CCC[C@H]2C(=O)O)c1)c1ccccc1Cl. The predicted octanol–water partition coefficient (Wildman–Crippen LogP) is 3.64. The third kappa shape index (κ3) is 4.18. The number of carboxylic acids is 1. The zero-order valence-electron chi connectivity index (χ0n) is 13.6. The summed E-state index contributed by atoms with van der Waals surface area (Å²) >= 11 is 6.05. The quantitative estimate of drug-likeness (QED) is 0.856. The minimum absolute atomic E-state index is 0.271. The summed E-state index contributed by atoms with van der Waals surface area (Å²) in [6.07, 6.45) is 1.57. The van der Waals surface area contributed by atoms with E-state index in [9.17, 15) is 14.7 Å². The van der Waals surface area contributed by atoms with Crippen LogP contribution >= 0.6 is 11.6 Å². The molecule has 0 aromatic heterocycles. The maximum Gasteiger partial charge on any atom is 0.320 e. The number of carbonyl (C=O) groups excluding carboxylic acids is 1. The highest BCUT2D eigenvalue weighted by Crippen LogP contribution is 2.22. The zero-order chi connectivity index (χ0) is 17.8. The number of carboxylic acid groups (broad SMARTS) is 1. The molecule has 0 radical (unpaired) electrons. The molecule has 6 heteroatoms. The molecule has 0 bridgehead atoms. The third-order valence-corrected chi connectivity index (χ3v) is 4.67. The Hall–Kier alpha value is -2.37. The van der Waals surface area contributed by atoms with E-state index in [0.717, 1.165) is 18.5 Å². The van der Waals surface area contributed by atoms with Crippen LogP contribution in [0.5, 0.6) is 0 Å². The number of hydrogen-bond donors (Lipinski definition) is 2. The van der Waals surface area contributed by atoms with Gasteiger partial charge in [0.25, 0.3) is 5.91 Å². The van der Waals surface area contributed by atoms with E-state index in [-0.39, 0.29) is 5.91 Å². The van der Waals surface area contributed by atoms with Gasteiger partial charge < -0.3 is 10.4 Å². The molecular weight excluding hydrogens is 340 g/mol. The molecule has 1 aliphatic heterocycles. The number of hydrogen-bond acceptors (Lipinski definition) is 3. The molecule has 0 unspecified atom stereocenters. The van der Waals surface area contributed by atoms with Crippen molar-refractivity contribution in [3.63, 3.8) is 0 Å². The molecule has 1 amide bonds. The van der Waals surface area contributed by atoms with Crippen molar-refractivity contribution >= 4 is 29.2 Å². The highest BCUT2D eigenvalue weighted by atomic mass is 35.5. The lowest BCUT2D eigenvalue weighted by molar-refractivity contribution is -0.142. The van der Waals surface area contributed by atoms with E-state index in [1.54, 1.807) is 30.3 Å². The predicted molar refractivity (Wildman–Crippen MR) is 96.9 cm³/mol. The molecule has 2 aromatic carbocycles. The molecule has 2 N–H and O–H groups in total. The number of anilines is 1. The number of likely N-dealkylation sites (tertiary alicyclic amines) is 1. The average molecular weight is 359 g/mol. The number of amides is 1. The normalized spacial score (nSPS) is 17.4. The lowest BCUT2D eigenvalue weighted by Crippen LogP contribution is -2.35. The van der Waals surface area contributed by atoms with Crippen molar-refractivity contribution < 1.29 is 14.7 Å². The Labute approximate surface area is 151 Å². The maximum absolute atomic E-state index is 12.3. The Balaban J connectivity index is 1.70. The molecule has 3 rings (SSSR count). The minimum atomic E-state index is -0.777. The Morgan fingerprint density at radius 1 is 1.20 bits per heavy atom. The molecule has 0 aliphatic carbocycles. The fourth-order valence-corrected chi connectivity index (χ4v) is 3.34. The van der Waals surface area contributed by atoms with E-state index >= 15 is 0 Å². The van der Waals surface area contributed by atoms with Crippen LogP contribution in [0.4, 0.5) is 5.69 Å². The van der Waals surface area contributed by atoms with Crippen molar-refractivity contribution in [2.24, 2.45) is 0 Å². The highest BCUT2D eigenvalue weighted by Gasteiger charge is 2.30. The van der Waals surface area contributed by atoms with Gasteiger partial charge in [-0.2, -0.15) is 0 Å². The van der Waals surface area contributed by atoms with Gasteiger partial charge in [-0.1, -0.05) is 35.9 Å². The van der Waals surface area contributed by atoms with Gasteiger partial charge in [0.05, 0.1) is 10.6 Å². The van der Waals surface area contributed by atoms with Crippen LogP contribution in [0.15, 0.2) is 48.5 Å². The van der Waals surface area contributed by atoms with Gasteiger partial charge >= 0.3 is 5.97 Å². The first-order chi connectivity index (χ1) is 12.0. The van der Waals surface area contributed by atoms with Crippen LogP contribution in [0, 0.1) is 0 Å². The molecule has 2 aromatic rings. The fraction of sp³-hybridized carbons (Fsp3) is 0.263. The number of benzene rings is 2. The van der Waals surface area contributed by atoms with Gasteiger partial charge in [-0.3, -0.25) is 14.5 Å².